The van der Waals surface area contributed by atoms with Crippen molar-refractivity contribution in [2.45, 2.75) is 61.5 Å². The van der Waals surface area contributed by atoms with Gasteiger partial charge < -0.3 is 20.7 Å². The van der Waals surface area contributed by atoms with Gasteiger partial charge in [0.15, 0.2) is 17.7 Å². The normalized spacial score (nSPS) is 36.4. The number of fused-ring (bicyclic) bond motifs is 3. The van der Waals surface area contributed by atoms with Crippen molar-refractivity contribution >= 4 is 28.6 Å². The Hall–Kier alpha value is -2.26. The van der Waals surface area contributed by atoms with Crippen LogP contribution in [0.5, 0.6) is 0 Å². The van der Waals surface area contributed by atoms with Crippen LogP contribution in [0.25, 0.3) is 11.2 Å². The van der Waals surface area contributed by atoms with Gasteiger partial charge in [-0.15, -0.1) is 11.6 Å². The molecular weight excluding hydrogens is 418 g/mol. The number of aryl methyl sites for hydroxylation is 1. The number of nitrogens with two attached hydrogens (primary N) is 1. The summed E-state index contributed by atoms with van der Waals surface area (Å²) < 4.78 is 7.96. The number of alkyl halides is 1. The minimum Gasteiger partial charge on any atom is -0.383 e. The lowest BCUT2D eigenvalue weighted by Gasteiger charge is -2.32. The standard InChI is InChI=1S/C22H24ClN5O3/c1-20(2)21(29)16(14(23)13-8-7-11-5-3-4-6-12(11)13)31-19(22(20,21)30)28-10-27-15-17(24)25-9-26-18(15)28/h3-6,9-10,13-14,16,19,29-30H,7-8H2,1-2H3,(H2,24,25,26)/t13?,14?,16-,19-,21+,22-/m1/s1. The molecule has 2 unspecified atom stereocenters. The number of hydrogen-bond acceptors (Lipinski definition) is 7. The fraction of sp³-hybridized carbons (Fsp3) is 0.500. The smallest absolute Gasteiger partial charge is 0.169 e. The van der Waals surface area contributed by atoms with Crippen LogP contribution in [0, 0.1) is 5.41 Å². The first kappa shape index (κ1) is 19.4. The Labute approximate surface area is 184 Å². The molecule has 0 spiro atoms. The van der Waals surface area contributed by atoms with Crippen LogP contribution in [0.4, 0.5) is 5.82 Å². The molecule has 31 heavy (non-hydrogen) atoms. The van der Waals surface area contributed by atoms with E-state index < -0.39 is 34.3 Å². The van der Waals surface area contributed by atoms with E-state index in [4.69, 9.17) is 22.1 Å². The second-order valence-electron chi connectivity index (χ2n) is 9.44. The average Bonchev–Trinajstić information content (AvgIpc) is 3.29. The first-order valence-electron chi connectivity index (χ1n) is 10.5. The fourth-order valence-corrected chi connectivity index (χ4v) is 6.55. The molecule has 0 amide bonds. The Bertz CT molecular complexity index is 1210. The first-order valence-corrected chi connectivity index (χ1v) is 10.9. The molecule has 9 heteroatoms. The number of nitrogen functional groups attached to an aromatic ring is 1. The van der Waals surface area contributed by atoms with E-state index in [1.807, 2.05) is 26.0 Å². The van der Waals surface area contributed by atoms with Crippen molar-refractivity contribution in [3.8, 4) is 0 Å². The topological polar surface area (TPSA) is 119 Å². The van der Waals surface area contributed by atoms with Crippen molar-refractivity contribution in [2.24, 2.45) is 5.41 Å². The molecule has 2 aliphatic carbocycles. The Morgan fingerprint density at radius 2 is 1.97 bits per heavy atom. The number of halogens is 1. The maximum absolute atomic E-state index is 11.7. The van der Waals surface area contributed by atoms with E-state index in [1.165, 1.54) is 23.8 Å². The number of hydrogen-bond donors (Lipinski definition) is 3. The van der Waals surface area contributed by atoms with E-state index in [-0.39, 0.29) is 11.7 Å². The Kier molecular flexibility index (Phi) is 3.73. The summed E-state index contributed by atoms with van der Waals surface area (Å²) in [6.45, 7) is 3.67. The number of benzene rings is 1. The van der Waals surface area contributed by atoms with Crippen molar-refractivity contribution in [3.63, 3.8) is 0 Å². The van der Waals surface area contributed by atoms with Gasteiger partial charge in [-0.2, -0.15) is 0 Å². The van der Waals surface area contributed by atoms with E-state index in [9.17, 15) is 10.2 Å². The molecule has 1 saturated carbocycles. The highest BCUT2D eigenvalue weighted by atomic mass is 35.5. The molecule has 8 nitrogen and oxygen atoms in total. The summed E-state index contributed by atoms with van der Waals surface area (Å²) in [5.41, 5.74) is 5.35. The summed E-state index contributed by atoms with van der Waals surface area (Å²) in [7, 11) is 0. The van der Waals surface area contributed by atoms with E-state index in [1.54, 1.807) is 4.57 Å². The molecule has 1 aliphatic heterocycles. The Morgan fingerprint density at radius 1 is 1.19 bits per heavy atom. The monoisotopic (exact) mass is 441 g/mol. The maximum atomic E-state index is 11.7. The van der Waals surface area contributed by atoms with Gasteiger partial charge in [0, 0.05) is 11.3 Å². The molecule has 0 bridgehead atoms. The largest absolute Gasteiger partial charge is 0.383 e. The summed E-state index contributed by atoms with van der Waals surface area (Å²) in [5.74, 6) is 0.275. The highest BCUT2D eigenvalue weighted by molar-refractivity contribution is 6.21. The third-order valence-corrected chi connectivity index (χ3v) is 8.49. The van der Waals surface area contributed by atoms with Crippen LogP contribution in [0.15, 0.2) is 36.9 Å². The molecule has 2 fully saturated rings. The number of aliphatic hydroxyl groups is 2. The average molecular weight is 442 g/mol. The van der Waals surface area contributed by atoms with Gasteiger partial charge in [-0.05, 0) is 24.0 Å². The van der Waals surface area contributed by atoms with Gasteiger partial charge >= 0.3 is 0 Å². The van der Waals surface area contributed by atoms with Crippen molar-refractivity contribution in [1.82, 2.24) is 19.5 Å². The Morgan fingerprint density at radius 3 is 2.77 bits per heavy atom. The molecule has 1 saturated heterocycles. The van der Waals surface area contributed by atoms with Crippen LogP contribution in [-0.4, -0.2) is 52.4 Å². The highest BCUT2D eigenvalue weighted by Crippen LogP contribution is 2.76. The van der Waals surface area contributed by atoms with Gasteiger partial charge in [-0.3, -0.25) is 4.57 Å². The molecule has 6 rings (SSSR count). The van der Waals surface area contributed by atoms with Crippen molar-refractivity contribution in [2.75, 3.05) is 5.73 Å². The quantitative estimate of drug-likeness (QED) is 0.532. The molecule has 162 valence electrons. The number of imidazole rings is 1. The van der Waals surface area contributed by atoms with E-state index in [2.05, 4.69) is 27.1 Å². The van der Waals surface area contributed by atoms with Crippen LogP contribution < -0.4 is 5.73 Å². The zero-order chi connectivity index (χ0) is 21.8. The lowest BCUT2D eigenvalue weighted by Crippen LogP contribution is -2.42. The third-order valence-electron chi connectivity index (χ3n) is 7.96. The zero-order valence-corrected chi connectivity index (χ0v) is 18.0. The van der Waals surface area contributed by atoms with Crippen LogP contribution >= 0.6 is 11.6 Å². The summed E-state index contributed by atoms with van der Waals surface area (Å²) >= 11 is 7.03. The second-order valence-corrected chi connectivity index (χ2v) is 9.94. The molecule has 0 radical (unpaired) electrons. The second kappa shape index (κ2) is 5.95. The molecule has 4 N–H and O–H groups in total. The van der Waals surface area contributed by atoms with Crippen molar-refractivity contribution in [3.05, 3.63) is 48.0 Å². The predicted molar refractivity (Wildman–Crippen MR) is 114 cm³/mol. The number of rotatable bonds is 3. The molecule has 3 heterocycles. The van der Waals surface area contributed by atoms with Gasteiger partial charge in [0.1, 0.15) is 29.2 Å². The molecule has 6 atom stereocenters. The third kappa shape index (κ3) is 2.09. The van der Waals surface area contributed by atoms with Gasteiger partial charge in [-0.1, -0.05) is 38.1 Å². The SMILES string of the molecule is CC1(C)[C@]2(O)[C@H](n3cnc4c(N)ncnc43)O[C@H](C(Cl)C3CCc4ccccc43)[C@]12O. The van der Waals surface area contributed by atoms with E-state index in [0.717, 1.165) is 12.8 Å². The number of nitrogens with zero attached hydrogens (tertiary/aromatic N) is 4. The van der Waals surface area contributed by atoms with E-state index >= 15 is 0 Å². The predicted octanol–water partition coefficient (Wildman–Crippen LogP) is 2.15. The fourth-order valence-electron chi connectivity index (χ4n) is 6.05. The van der Waals surface area contributed by atoms with E-state index in [0.29, 0.717) is 11.2 Å². The highest BCUT2D eigenvalue weighted by Gasteiger charge is 2.93. The van der Waals surface area contributed by atoms with Gasteiger partial charge in [0.25, 0.3) is 0 Å². The van der Waals surface area contributed by atoms with Crippen molar-refractivity contribution in [1.29, 1.82) is 0 Å². The lowest BCUT2D eigenvalue weighted by atomic mass is 9.89. The van der Waals surface area contributed by atoms with Crippen LogP contribution in [0.3, 0.4) is 0 Å². The van der Waals surface area contributed by atoms with Crippen LogP contribution in [-0.2, 0) is 11.2 Å². The van der Waals surface area contributed by atoms with Gasteiger partial charge in [0.05, 0.1) is 11.7 Å². The molecule has 2 aromatic heterocycles. The molecular formula is C22H24ClN5O3. The van der Waals surface area contributed by atoms with Crippen molar-refractivity contribution < 1.29 is 14.9 Å². The Balaban J connectivity index is 1.42. The lowest BCUT2D eigenvalue weighted by molar-refractivity contribution is -0.113. The number of anilines is 1. The summed E-state index contributed by atoms with van der Waals surface area (Å²) in [5, 5.41) is 22.9. The zero-order valence-electron chi connectivity index (χ0n) is 17.2. The number of ether oxygens (including phenoxy) is 1. The minimum atomic E-state index is -1.55. The van der Waals surface area contributed by atoms with Gasteiger partial charge in [0.2, 0.25) is 0 Å². The molecule has 3 aliphatic rings. The maximum Gasteiger partial charge on any atom is 0.169 e. The molecule has 3 aromatic rings. The summed E-state index contributed by atoms with van der Waals surface area (Å²) in [6, 6.07) is 8.24. The van der Waals surface area contributed by atoms with Crippen LogP contribution in [0.1, 0.15) is 43.5 Å². The molecule has 1 aromatic carbocycles. The van der Waals surface area contributed by atoms with Crippen LogP contribution in [0.2, 0.25) is 0 Å². The summed E-state index contributed by atoms with van der Waals surface area (Å²) in [6.07, 6.45) is 3.00. The first-order chi connectivity index (χ1) is 14.7. The van der Waals surface area contributed by atoms with Gasteiger partial charge in [-0.25, -0.2) is 15.0 Å². The summed E-state index contributed by atoms with van der Waals surface area (Å²) in [4.78, 5) is 12.6. The number of aromatic nitrogens is 4. The minimum absolute atomic E-state index is 0.0313.